The normalized spacial score (nSPS) is 15.9. The molecule has 4 heteroatoms. The van der Waals surface area contributed by atoms with Crippen LogP contribution in [-0.2, 0) is 0 Å². The van der Waals surface area contributed by atoms with Crippen LogP contribution in [0.4, 0.5) is 10.5 Å². The first-order valence-electron chi connectivity index (χ1n) is 6.94. The molecule has 0 bridgehead atoms. The lowest BCUT2D eigenvalue weighted by Crippen LogP contribution is -2.36. The first kappa shape index (κ1) is 13.9. The van der Waals surface area contributed by atoms with Gasteiger partial charge in [-0.25, -0.2) is 4.79 Å². The standard InChI is InChI=1S/C15H22N2O2/c1-3-17(10-12-7-8-12)15(19)16-14-6-4-5-13(9-14)11(2)18/h4-6,9,11-12,18H,3,7-8,10H2,1-2H3,(H,16,19). The monoisotopic (exact) mass is 262 g/mol. The fourth-order valence-corrected chi connectivity index (χ4v) is 2.05. The molecule has 2 rings (SSSR count). The van der Waals surface area contributed by atoms with Gasteiger partial charge in [-0.3, -0.25) is 0 Å². The van der Waals surface area contributed by atoms with E-state index in [0.717, 1.165) is 24.3 Å². The van der Waals surface area contributed by atoms with Crippen molar-refractivity contribution in [1.29, 1.82) is 0 Å². The second-order valence-electron chi connectivity index (χ2n) is 5.21. The minimum absolute atomic E-state index is 0.0582. The van der Waals surface area contributed by atoms with Gasteiger partial charge in [-0.05, 0) is 50.3 Å². The zero-order valence-corrected chi connectivity index (χ0v) is 11.6. The molecule has 0 aromatic heterocycles. The number of carbonyl (C=O) groups excluding carboxylic acids is 1. The summed E-state index contributed by atoms with van der Waals surface area (Å²) >= 11 is 0. The predicted octanol–water partition coefficient (Wildman–Crippen LogP) is 3.00. The van der Waals surface area contributed by atoms with Gasteiger partial charge in [0.05, 0.1) is 6.10 Å². The molecule has 1 saturated carbocycles. The molecule has 1 aliphatic rings. The number of anilines is 1. The van der Waals surface area contributed by atoms with E-state index in [-0.39, 0.29) is 6.03 Å². The lowest BCUT2D eigenvalue weighted by Gasteiger charge is -2.21. The molecule has 0 radical (unpaired) electrons. The van der Waals surface area contributed by atoms with Crippen molar-refractivity contribution in [3.63, 3.8) is 0 Å². The van der Waals surface area contributed by atoms with Crippen molar-refractivity contribution in [2.24, 2.45) is 5.92 Å². The average Bonchev–Trinajstić information content (AvgIpc) is 3.20. The van der Waals surface area contributed by atoms with Crippen LogP contribution in [-0.4, -0.2) is 29.1 Å². The van der Waals surface area contributed by atoms with Gasteiger partial charge in [0, 0.05) is 18.8 Å². The molecule has 0 saturated heterocycles. The van der Waals surface area contributed by atoms with E-state index >= 15 is 0 Å². The number of amides is 2. The van der Waals surface area contributed by atoms with Gasteiger partial charge in [-0.2, -0.15) is 0 Å². The largest absolute Gasteiger partial charge is 0.389 e. The molecule has 4 nitrogen and oxygen atoms in total. The van der Waals surface area contributed by atoms with E-state index in [1.165, 1.54) is 12.8 Å². The molecular weight excluding hydrogens is 240 g/mol. The number of nitrogens with one attached hydrogen (secondary N) is 1. The maximum absolute atomic E-state index is 12.1. The number of hydrogen-bond acceptors (Lipinski definition) is 2. The van der Waals surface area contributed by atoms with E-state index in [1.807, 2.05) is 36.1 Å². The van der Waals surface area contributed by atoms with Crippen molar-refractivity contribution in [3.8, 4) is 0 Å². The van der Waals surface area contributed by atoms with Crippen LogP contribution in [0.5, 0.6) is 0 Å². The first-order chi connectivity index (χ1) is 9.10. The average molecular weight is 262 g/mol. The summed E-state index contributed by atoms with van der Waals surface area (Å²) in [5.41, 5.74) is 1.54. The summed E-state index contributed by atoms with van der Waals surface area (Å²) in [6.07, 6.45) is 1.95. The summed E-state index contributed by atoms with van der Waals surface area (Å²) in [5, 5.41) is 12.4. The highest BCUT2D eigenvalue weighted by atomic mass is 16.3. The number of aliphatic hydroxyl groups is 1. The molecule has 1 aliphatic carbocycles. The van der Waals surface area contributed by atoms with E-state index in [9.17, 15) is 9.90 Å². The summed E-state index contributed by atoms with van der Waals surface area (Å²) in [4.78, 5) is 14.0. The highest BCUT2D eigenvalue weighted by Gasteiger charge is 2.25. The van der Waals surface area contributed by atoms with Crippen molar-refractivity contribution in [3.05, 3.63) is 29.8 Å². The van der Waals surface area contributed by atoms with Crippen LogP contribution in [0.25, 0.3) is 0 Å². The number of urea groups is 1. The third-order valence-corrected chi connectivity index (χ3v) is 3.46. The van der Waals surface area contributed by atoms with Crippen molar-refractivity contribution in [1.82, 2.24) is 4.90 Å². The van der Waals surface area contributed by atoms with Gasteiger partial charge in [0.1, 0.15) is 0 Å². The Hall–Kier alpha value is -1.55. The Morgan fingerprint density at radius 3 is 2.84 bits per heavy atom. The second kappa shape index (κ2) is 6.06. The number of rotatable bonds is 5. The lowest BCUT2D eigenvalue weighted by atomic mass is 10.1. The van der Waals surface area contributed by atoms with Crippen molar-refractivity contribution in [2.75, 3.05) is 18.4 Å². The van der Waals surface area contributed by atoms with E-state index < -0.39 is 6.10 Å². The Balaban J connectivity index is 1.98. The molecule has 0 spiro atoms. The maximum atomic E-state index is 12.1. The third kappa shape index (κ3) is 3.96. The molecule has 2 N–H and O–H groups in total. The molecule has 1 atom stereocenters. The van der Waals surface area contributed by atoms with Crippen LogP contribution in [0.2, 0.25) is 0 Å². The summed E-state index contributed by atoms with van der Waals surface area (Å²) in [5.74, 6) is 0.689. The Kier molecular flexibility index (Phi) is 4.43. The molecule has 19 heavy (non-hydrogen) atoms. The Bertz CT molecular complexity index is 442. The molecule has 2 amide bonds. The van der Waals surface area contributed by atoms with Gasteiger partial charge in [0.15, 0.2) is 0 Å². The Morgan fingerprint density at radius 1 is 1.53 bits per heavy atom. The minimum Gasteiger partial charge on any atom is -0.389 e. The van der Waals surface area contributed by atoms with Crippen LogP contribution in [0.3, 0.4) is 0 Å². The number of aliphatic hydroxyl groups excluding tert-OH is 1. The third-order valence-electron chi connectivity index (χ3n) is 3.46. The number of hydrogen-bond donors (Lipinski definition) is 2. The fourth-order valence-electron chi connectivity index (χ4n) is 2.05. The highest BCUT2D eigenvalue weighted by molar-refractivity contribution is 5.89. The van der Waals surface area contributed by atoms with Gasteiger partial charge in [0.2, 0.25) is 0 Å². The van der Waals surface area contributed by atoms with Gasteiger partial charge in [-0.1, -0.05) is 12.1 Å². The van der Waals surface area contributed by atoms with Crippen molar-refractivity contribution in [2.45, 2.75) is 32.8 Å². The zero-order valence-electron chi connectivity index (χ0n) is 11.6. The molecule has 1 aromatic rings. The van der Waals surface area contributed by atoms with Crippen LogP contribution in [0.1, 0.15) is 38.4 Å². The van der Waals surface area contributed by atoms with Gasteiger partial charge in [0.25, 0.3) is 0 Å². The van der Waals surface area contributed by atoms with Crippen LogP contribution in [0, 0.1) is 5.92 Å². The van der Waals surface area contributed by atoms with Crippen LogP contribution < -0.4 is 5.32 Å². The number of carbonyl (C=O) groups is 1. The number of nitrogens with zero attached hydrogens (tertiary/aromatic N) is 1. The van der Waals surface area contributed by atoms with E-state index in [0.29, 0.717) is 5.92 Å². The quantitative estimate of drug-likeness (QED) is 0.857. The van der Waals surface area contributed by atoms with Gasteiger partial charge in [-0.15, -0.1) is 0 Å². The first-order valence-corrected chi connectivity index (χ1v) is 6.94. The molecule has 1 unspecified atom stereocenters. The number of benzene rings is 1. The van der Waals surface area contributed by atoms with Gasteiger partial charge < -0.3 is 15.3 Å². The molecular formula is C15H22N2O2. The predicted molar refractivity (Wildman–Crippen MR) is 76.1 cm³/mol. The van der Waals surface area contributed by atoms with Crippen molar-refractivity contribution >= 4 is 11.7 Å². The molecule has 1 fully saturated rings. The molecule has 1 aromatic carbocycles. The Labute approximate surface area is 114 Å². The summed E-state index contributed by atoms with van der Waals surface area (Å²) in [6, 6.07) is 7.29. The van der Waals surface area contributed by atoms with Crippen LogP contribution in [0.15, 0.2) is 24.3 Å². The zero-order chi connectivity index (χ0) is 13.8. The fraction of sp³-hybridized carbons (Fsp3) is 0.533. The van der Waals surface area contributed by atoms with Crippen LogP contribution >= 0.6 is 0 Å². The highest BCUT2D eigenvalue weighted by Crippen LogP contribution is 2.29. The Morgan fingerprint density at radius 2 is 2.26 bits per heavy atom. The molecule has 0 aliphatic heterocycles. The summed E-state index contributed by atoms with van der Waals surface area (Å²) in [7, 11) is 0. The topological polar surface area (TPSA) is 52.6 Å². The molecule has 0 heterocycles. The lowest BCUT2D eigenvalue weighted by molar-refractivity contribution is 0.199. The minimum atomic E-state index is -0.523. The molecule has 104 valence electrons. The summed E-state index contributed by atoms with van der Waals surface area (Å²) in [6.45, 7) is 5.28. The smallest absolute Gasteiger partial charge is 0.321 e. The maximum Gasteiger partial charge on any atom is 0.321 e. The second-order valence-corrected chi connectivity index (χ2v) is 5.21. The van der Waals surface area contributed by atoms with E-state index in [1.54, 1.807) is 6.92 Å². The van der Waals surface area contributed by atoms with E-state index in [2.05, 4.69) is 5.32 Å². The van der Waals surface area contributed by atoms with Crippen molar-refractivity contribution < 1.29 is 9.90 Å². The SMILES string of the molecule is CCN(CC1CC1)C(=O)Nc1cccc(C(C)O)c1. The van der Waals surface area contributed by atoms with Gasteiger partial charge >= 0.3 is 6.03 Å². The van der Waals surface area contributed by atoms with E-state index in [4.69, 9.17) is 0 Å². The summed E-state index contributed by atoms with van der Waals surface area (Å²) < 4.78 is 0.